The molecule has 1 N–H and O–H groups in total. The van der Waals surface area contributed by atoms with E-state index in [4.69, 9.17) is 0 Å². The van der Waals surface area contributed by atoms with Gasteiger partial charge in [0.05, 0.1) is 5.69 Å². The first kappa shape index (κ1) is 16.9. The molecule has 0 unspecified atom stereocenters. The lowest BCUT2D eigenvalue weighted by Crippen LogP contribution is -1.89. The van der Waals surface area contributed by atoms with Crippen molar-refractivity contribution in [2.24, 2.45) is 0 Å². The minimum absolute atomic E-state index is 0. The van der Waals surface area contributed by atoms with Crippen LogP contribution in [0.3, 0.4) is 0 Å². The van der Waals surface area contributed by atoms with Crippen molar-refractivity contribution < 1.29 is 0 Å². The maximum atomic E-state index is 4.62. The molecule has 0 amide bonds. The number of aromatic nitrogens is 1. The molecule has 0 bridgehead atoms. The number of nitrogens with one attached hydrogen (secondary N) is 1. The van der Waals surface area contributed by atoms with Gasteiger partial charge in [0, 0.05) is 24.7 Å². The van der Waals surface area contributed by atoms with Crippen molar-refractivity contribution >= 4 is 77.7 Å². The van der Waals surface area contributed by atoms with Gasteiger partial charge in [0.25, 0.3) is 0 Å². The van der Waals surface area contributed by atoms with Crippen molar-refractivity contribution in [2.45, 2.75) is 0 Å². The van der Waals surface area contributed by atoms with Gasteiger partial charge in [0.15, 0.2) is 5.13 Å². The van der Waals surface area contributed by atoms with Gasteiger partial charge in [-0.1, -0.05) is 28.1 Å². The van der Waals surface area contributed by atoms with E-state index in [9.17, 15) is 0 Å². The minimum atomic E-state index is 0. The monoisotopic (exact) mass is 536 g/mol. The normalized spacial score (nSPS) is 10.0. The van der Waals surface area contributed by atoms with Gasteiger partial charge in [0.1, 0.15) is 0 Å². The van der Waals surface area contributed by atoms with E-state index < -0.39 is 0 Å². The fourth-order valence-corrected chi connectivity index (χ4v) is 3.10. The van der Waals surface area contributed by atoms with Gasteiger partial charge >= 0.3 is 0 Å². The molecule has 0 aliphatic carbocycles. The van der Waals surface area contributed by atoms with Crippen LogP contribution in [-0.4, -0.2) is 4.98 Å². The molecule has 0 aliphatic rings. The fraction of sp³-hybridized carbons (Fsp3) is 0. The topological polar surface area (TPSA) is 24.9 Å². The van der Waals surface area contributed by atoms with Crippen LogP contribution >= 0.6 is 66.8 Å². The van der Waals surface area contributed by atoms with Gasteiger partial charge in [-0.2, -0.15) is 0 Å². The van der Waals surface area contributed by atoms with Crippen LogP contribution in [0.1, 0.15) is 0 Å². The third-order valence-electron chi connectivity index (χ3n) is 2.74. The van der Waals surface area contributed by atoms with Crippen molar-refractivity contribution in [3.8, 4) is 11.3 Å². The van der Waals surface area contributed by atoms with Crippen molar-refractivity contribution in [1.29, 1.82) is 0 Å². The SMILES string of the molecule is Br.Brc1ccc(Nc2nc(-c3ccc(I)cc3)cs2)cc1. The van der Waals surface area contributed by atoms with E-state index in [1.807, 2.05) is 24.3 Å². The maximum Gasteiger partial charge on any atom is 0.187 e. The summed E-state index contributed by atoms with van der Waals surface area (Å²) in [4.78, 5) is 4.62. The highest BCUT2D eigenvalue weighted by atomic mass is 127. The predicted molar refractivity (Wildman–Crippen MR) is 108 cm³/mol. The van der Waals surface area contributed by atoms with Gasteiger partial charge < -0.3 is 5.32 Å². The van der Waals surface area contributed by atoms with Gasteiger partial charge in [-0.3, -0.25) is 0 Å². The Morgan fingerprint density at radius 3 is 2.33 bits per heavy atom. The van der Waals surface area contributed by atoms with Gasteiger partial charge in [-0.05, 0) is 59.0 Å². The number of hydrogen-bond donors (Lipinski definition) is 1. The Labute approximate surface area is 160 Å². The van der Waals surface area contributed by atoms with Crippen LogP contribution in [-0.2, 0) is 0 Å². The second kappa shape index (κ2) is 7.71. The van der Waals surface area contributed by atoms with E-state index in [1.165, 1.54) is 3.57 Å². The van der Waals surface area contributed by atoms with Crippen molar-refractivity contribution in [2.75, 3.05) is 5.32 Å². The summed E-state index contributed by atoms with van der Waals surface area (Å²) in [7, 11) is 0. The molecule has 3 aromatic rings. The third kappa shape index (κ3) is 4.51. The Kier molecular flexibility index (Phi) is 6.21. The number of anilines is 2. The number of benzene rings is 2. The lowest BCUT2D eigenvalue weighted by Gasteiger charge is -2.02. The van der Waals surface area contributed by atoms with E-state index in [2.05, 4.69) is 78.5 Å². The van der Waals surface area contributed by atoms with Crippen LogP contribution in [0.2, 0.25) is 0 Å². The number of rotatable bonds is 3. The van der Waals surface area contributed by atoms with E-state index in [0.717, 1.165) is 26.5 Å². The van der Waals surface area contributed by atoms with E-state index in [0.29, 0.717) is 0 Å². The van der Waals surface area contributed by atoms with Crippen molar-refractivity contribution in [3.63, 3.8) is 0 Å². The molecule has 6 heteroatoms. The Morgan fingerprint density at radius 2 is 1.67 bits per heavy atom. The van der Waals surface area contributed by atoms with Gasteiger partial charge in [0.2, 0.25) is 0 Å². The molecule has 108 valence electrons. The Balaban J connectivity index is 0.00000161. The molecule has 0 saturated carbocycles. The first-order chi connectivity index (χ1) is 9.70. The molecule has 1 heterocycles. The summed E-state index contributed by atoms with van der Waals surface area (Å²) in [6, 6.07) is 16.5. The molecule has 2 nitrogen and oxygen atoms in total. The third-order valence-corrected chi connectivity index (χ3v) is 4.75. The van der Waals surface area contributed by atoms with Crippen LogP contribution in [0, 0.1) is 3.57 Å². The smallest absolute Gasteiger partial charge is 0.187 e. The summed E-state index contributed by atoms with van der Waals surface area (Å²) in [5, 5.41) is 6.29. The molecule has 0 atom stereocenters. The summed E-state index contributed by atoms with van der Waals surface area (Å²) in [5.41, 5.74) is 3.19. The van der Waals surface area contributed by atoms with Crippen molar-refractivity contribution in [3.05, 3.63) is 62.0 Å². The average Bonchev–Trinajstić information content (AvgIpc) is 2.91. The lowest BCUT2D eigenvalue weighted by molar-refractivity contribution is 1.38. The van der Waals surface area contributed by atoms with E-state index in [1.54, 1.807) is 11.3 Å². The molecule has 21 heavy (non-hydrogen) atoms. The molecular formula is C15H11Br2IN2S. The number of halogens is 3. The quantitative estimate of drug-likeness (QED) is 0.386. The molecule has 0 fully saturated rings. The predicted octanol–water partition coefficient (Wildman–Crippen LogP) is 6.50. The van der Waals surface area contributed by atoms with Gasteiger partial charge in [-0.15, -0.1) is 28.3 Å². The van der Waals surface area contributed by atoms with Gasteiger partial charge in [-0.25, -0.2) is 4.98 Å². The zero-order valence-corrected chi connectivity index (χ0v) is 17.0. The molecule has 1 aromatic heterocycles. The second-order valence-corrected chi connectivity index (χ2v) is 7.20. The first-order valence-electron chi connectivity index (χ1n) is 5.95. The Hall–Kier alpha value is -0.440. The maximum absolute atomic E-state index is 4.62. The molecule has 2 aromatic carbocycles. The number of nitrogens with zero attached hydrogens (tertiary/aromatic N) is 1. The summed E-state index contributed by atoms with van der Waals surface area (Å²) in [5.74, 6) is 0. The second-order valence-electron chi connectivity index (χ2n) is 4.18. The highest BCUT2D eigenvalue weighted by molar-refractivity contribution is 14.1. The van der Waals surface area contributed by atoms with Crippen LogP contribution < -0.4 is 5.32 Å². The highest BCUT2D eigenvalue weighted by Gasteiger charge is 2.04. The molecule has 0 spiro atoms. The summed E-state index contributed by atoms with van der Waals surface area (Å²) >= 11 is 7.35. The molecule has 0 saturated heterocycles. The van der Waals surface area contributed by atoms with Crippen molar-refractivity contribution in [1.82, 2.24) is 4.98 Å². The van der Waals surface area contributed by atoms with Crippen LogP contribution in [0.4, 0.5) is 10.8 Å². The largest absolute Gasteiger partial charge is 0.332 e. The fourth-order valence-electron chi connectivity index (χ4n) is 1.74. The van der Waals surface area contributed by atoms with E-state index in [-0.39, 0.29) is 17.0 Å². The zero-order chi connectivity index (χ0) is 13.9. The molecule has 3 rings (SSSR count). The van der Waals surface area contributed by atoms with Crippen LogP contribution in [0.5, 0.6) is 0 Å². The number of hydrogen-bond acceptors (Lipinski definition) is 3. The lowest BCUT2D eigenvalue weighted by atomic mass is 10.2. The molecule has 0 aliphatic heterocycles. The van der Waals surface area contributed by atoms with E-state index >= 15 is 0 Å². The summed E-state index contributed by atoms with van der Waals surface area (Å²) in [6.45, 7) is 0. The number of thiazole rings is 1. The Morgan fingerprint density at radius 1 is 1.00 bits per heavy atom. The highest BCUT2D eigenvalue weighted by Crippen LogP contribution is 2.27. The summed E-state index contributed by atoms with van der Waals surface area (Å²) < 4.78 is 2.30. The molecule has 0 radical (unpaired) electrons. The average molecular weight is 538 g/mol. The van der Waals surface area contributed by atoms with Crippen LogP contribution in [0.25, 0.3) is 11.3 Å². The standard InChI is InChI=1S/C15H10BrIN2S.BrH/c16-11-3-7-13(8-4-11)18-15-19-14(9-20-15)10-1-5-12(17)6-2-10;/h1-9H,(H,18,19);1H. The minimum Gasteiger partial charge on any atom is -0.332 e. The Bertz CT molecular complexity index is 711. The first-order valence-corrected chi connectivity index (χ1v) is 8.70. The zero-order valence-electron chi connectivity index (χ0n) is 10.7. The summed E-state index contributed by atoms with van der Waals surface area (Å²) in [6.07, 6.45) is 0. The molecular weight excluding hydrogens is 527 g/mol. The van der Waals surface area contributed by atoms with Crippen LogP contribution in [0.15, 0.2) is 58.4 Å².